The third-order valence-electron chi connectivity index (χ3n) is 4.75. The molecule has 0 radical (unpaired) electrons. The Morgan fingerprint density at radius 3 is 2.71 bits per heavy atom. The fraction of sp³-hybridized carbons (Fsp3) is 0.611. The number of rotatable bonds is 5. The Balaban J connectivity index is 1.72. The number of imidazole rings is 1. The minimum Gasteiger partial charge on any atom is -0.327 e. The summed E-state index contributed by atoms with van der Waals surface area (Å²) in [5.74, 6) is 2.10. The molecule has 21 heavy (non-hydrogen) atoms. The summed E-state index contributed by atoms with van der Waals surface area (Å²) in [6.07, 6.45) is 6.50. The molecule has 1 fully saturated rings. The van der Waals surface area contributed by atoms with Crippen LogP contribution >= 0.6 is 0 Å². The molecule has 1 N–H and O–H groups in total. The lowest BCUT2D eigenvalue weighted by atomic mass is 9.87. The molecule has 3 rings (SSSR count). The predicted octanol–water partition coefficient (Wildman–Crippen LogP) is 4.11. The van der Waals surface area contributed by atoms with E-state index in [9.17, 15) is 0 Å². The van der Waals surface area contributed by atoms with Gasteiger partial charge in [-0.3, -0.25) is 0 Å². The molecular weight excluding hydrogens is 258 g/mol. The van der Waals surface area contributed by atoms with Gasteiger partial charge in [-0.05, 0) is 50.2 Å². The number of para-hydroxylation sites is 2. The number of nitrogens with one attached hydrogen (secondary N) is 1. The van der Waals surface area contributed by atoms with Crippen LogP contribution in [-0.2, 0) is 13.1 Å². The standard InChI is InChI=1S/C18H27N3/c1-3-12-21-17-7-5-4-6-16(17)20-18(21)13-19-15-10-8-14(2)9-11-15/h4-7,14-15,19H,3,8-13H2,1-2H3. The molecule has 1 aromatic heterocycles. The van der Waals surface area contributed by atoms with Gasteiger partial charge in [0.2, 0.25) is 0 Å². The topological polar surface area (TPSA) is 29.9 Å². The Kier molecular flexibility index (Phi) is 4.59. The number of benzene rings is 1. The molecule has 114 valence electrons. The fourth-order valence-corrected chi connectivity index (χ4v) is 3.43. The Morgan fingerprint density at radius 2 is 1.95 bits per heavy atom. The number of aryl methyl sites for hydroxylation is 1. The van der Waals surface area contributed by atoms with Gasteiger partial charge in [-0.25, -0.2) is 4.98 Å². The van der Waals surface area contributed by atoms with Gasteiger partial charge in [0.1, 0.15) is 5.82 Å². The predicted molar refractivity (Wildman–Crippen MR) is 88.3 cm³/mol. The lowest BCUT2D eigenvalue weighted by molar-refractivity contribution is 0.304. The molecule has 0 amide bonds. The number of fused-ring (bicyclic) bond motifs is 1. The van der Waals surface area contributed by atoms with Crippen LogP contribution in [0.15, 0.2) is 24.3 Å². The molecule has 0 atom stereocenters. The van der Waals surface area contributed by atoms with Crippen LogP contribution in [0.25, 0.3) is 11.0 Å². The van der Waals surface area contributed by atoms with Crippen LogP contribution in [0.5, 0.6) is 0 Å². The van der Waals surface area contributed by atoms with Crippen LogP contribution in [0.2, 0.25) is 0 Å². The highest BCUT2D eigenvalue weighted by atomic mass is 15.1. The van der Waals surface area contributed by atoms with Crippen molar-refractivity contribution in [1.82, 2.24) is 14.9 Å². The van der Waals surface area contributed by atoms with Crippen LogP contribution in [-0.4, -0.2) is 15.6 Å². The highest BCUT2D eigenvalue weighted by Gasteiger charge is 2.18. The van der Waals surface area contributed by atoms with E-state index >= 15 is 0 Å². The van der Waals surface area contributed by atoms with Crippen LogP contribution in [0, 0.1) is 5.92 Å². The molecule has 0 spiro atoms. The van der Waals surface area contributed by atoms with Gasteiger partial charge in [0.15, 0.2) is 0 Å². The quantitative estimate of drug-likeness (QED) is 0.895. The molecule has 0 bridgehead atoms. The number of nitrogens with zero attached hydrogens (tertiary/aromatic N) is 2. The first-order valence-corrected chi connectivity index (χ1v) is 8.45. The number of aromatic nitrogens is 2. The highest BCUT2D eigenvalue weighted by molar-refractivity contribution is 5.75. The molecule has 1 aliphatic rings. The van der Waals surface area contributed by atoms with Crippen LogP contribution in [0.1, 0.15) is 51.8 Å². The van der Waals surface area contributed by atoms with Crippen molar-refractivity contribution in [1.29, 1.82) is 0 Å². The third-order valence-corrected chi connectivity index (χ3v) is 4.75. The van der Waals surface area contributed by atoms with E-state index in [1.54, 1.807) is 0 Å². The van der Waals surface area contributed by atoms with E-state index < -0.39 is 0 Å². The lowest BCUT2D eigenvalue weighted by Crippen LogP contribution is -2.33. The minimum absolute atomic E-state index is 0.677. The Labute approximate surface area is 127 Å². The second-order valence-corrected chi connectivity index (χ2v) is 6.51. The molecule has 1 aromatic carbocycles. The molecule has 0 unspecified atom stereocenters. The van der Waals surface area contributed by atoms with Gasteiger partial charge in [-0.15, -0.1) is 0 Å². The summed E-state index contributed by atoms with van der Waals surface area (Å²) < 4.78 is 2.38. The zero-order valence-corrected chi connectivity index (χ0v) is 13.3. The first-order valence-electron chi connectivity index (χ1n) is 8.45. The molecule has 2 aromatic rings. The van der Waals surface area contributed by atoms with E-state index in [-0.39, 0.29) is 0 Å². The normalized spacial score (nSPS) is 22.8. The van der Waals surface area contributed by atoms with Crippen molar-refractivity contribution < 1.29 is 0 Å². The van der Waals surface area contributed by atoms with Gasteiger partial charge in [-0.1, -0.05) is 26.0 Å². The average molecular weight is 285 g/mol. The largest absolute Gasteiger partial charge is 0.327 e. The summed E-state index contributed by atoms with van der Waals surface area (Å²) in [5.41, 5.74) is 2.40. The summed E-state index contributed by atoms with van der Waals surface area (Å²) in [5, 5.41) is 3.73. The number of hydrogen-bond donors (Lipinski definition) is 1. The summed E-state index contributed by atoms with van der Waals surface area (Å²) in [4.78, 5) is 4.83. The van der Waals surface area contributed by atoms with Crippen molar-refractivity contribution >= 4 is 11.0 Å². The maximum absolute atomic E-state index is 4.83. The Bertz CT molecular complexity index is 579. The van der Waals surface area contributed by atoms with Gasteiger partial charge < -0.3 is 9.88 Å². The maximum Gasteiger partial charge on any atom is 0.123 e. The van der Waals surface area contributed by atoms with Crippen molar-refractivity contribution in [3.63, 3.8) is 0 Å². The first-order chi connectivity index (χ1) is 10.3. The van der Waals surface area contributed by atoms with E-state index in [1.165, 1.54) is 37.0 Å². The monoisotopic (exact) mass is 285 g/mol. The van der Waals surface area contributed by atoms with Crippen molar-refractivity contribution in [3.05, 3.63) is 30.1 Å². The SMILES string of the molecule is CCCn1c(CNC2CCC(C)CC2)nc2ccccc21. The zero-order valence-electron chi connectivity index (χ0n) is 13.3. The van der Waals surface area contributed by atoms with Gasteiger partial charge in [0.05, 0.1) is 17.6 Å². The van der Waals surface area contributed by atoms with Crippen LogP contribution in [0.3, 0.4) is 0 Å². The van der Waals surface area contributed by atoms with Crippen molar-refractivity contribution in [3.8, 4) is 0 Å². The molecular formula is C18H27N3. The Hall–Kier alpha value is -1.35. The van der Waals surface area contributed by atoms with Crippen LogP contribution in [0.4, 0.5) is 0 Å². The Morgan fingerprint density at radius 1 is 1.19 bits per heavy atom. The zero-order chi connectivity index (χ0) is 14.7. The fourth-order valence-electron chi connectivity index (χ4n) is 3.43. The van der Waals surface area contributed by atoms with E-state index in [4.69, 9.17) is 4.98 Å². The molecule has 1 aliphatic carbocycles. The maximum atomic E-state index is 4.83. The molecule has 3 nitrogen and oxygen atoms in total. The first kappa shape index (κ1) is 14.6. The summed E-state index contributed by atoms with van der Waals surface area (Å²) in [6, 6.07) is 9.16. The van der Waals surface area contributed by atoms with E-state index in [2.05, 4.69) is 48.0 Å². The third kappa shape index (κ3) is 3.29. The molecule has 0 saturated heterocycles. The van der Waals surface area contributed by atoms with Crippen molar-refractivity contribution in [2.45, 2.75) is 65.1 Å². The summed E-state index contributed by atoms with van der Waals surface area (Å²) >= 11 is 0. The molecule has 3 heteroatoms. The summed E-state index contributed by atoms with van der Waals surface area (Å²) in [7, 11) is 0. The van der Waals surface area contributed by atoms with E-state index in [0.717, 1.165) is 30.9 Å². The molecule has 1 saturated carbocycles. The minimum atomic E-state index is 0.677. The van der Waals surface area contributed by atoms with Gasteiger partial charge in [0.25, 0.3) is 0 Å². The summed E-state index contributed by atoms with van der Waals surface area (Å²) in [6.45, 7) is 6.55. The van der Waals surface area contributed by atoms with Crippen molar-refractivity contribution in [2.24, 2.45) is 5.92 Å². The molecule has 1 heterocycles. The second kappa shape index (κ2) is 6.61. The molecule has 0 aliphatic heterocycles. The van der Waals surface area contributed by atoms with Gasteiger partial charge in [-0.2, -0.15) is 0 Å². The van der Waals surface area contributed by atoms with Crippen molar-refractivity contribution in [2.75, 3.05) is 0 Å². The number of hydrogen-bond acceptors (Lipinski definition) is 2. The smallest absolute Gasteiger partial charge is 0.123 e. The second-order valence-electron chi connectivity index (χ2n) is 6.51. The van der Waals surface area contributed by atoms with E-state index in [0.29, 0.717) is 6.04 Å². The van der Waals surface area contributed by atoms with E-state index in [1.807, 2.05) is 0 Å². The van der Waals surface area contributed by atoms with Gasteiger partial charge in [0, 0.05) is 12.6 Å². The highest BCUT2D eigenvalue weighted by Crippen LogP contribution is 2.24. The van der Waals surface area contributed by atoms with Gasteiger partial charge >= 0.3 is 0 Å². The lowest BCUT2D eigenvalue weighted by Gasteiger charge is -2.27. The average Bonchev–Trinajstić information content (AvgIpc) is 2.85. The van der Waals surface area contributed by atoms with Crippen LogP contribution < -0.4 is 5.32 Å².